The van der Waals surface area contributed by atoms with Gasteiger partial charge in [0.25, 0.3) is 0 Å². The first kappa shape index (κ1) is 11.8. The number of hydrogen-bond donors (Lipinski definition) is 1. The van der Waals surface area contributed by atoms with Crippen LogP contribution in [0.25, 0.3) is 0 Å². The quantitative estimate of drug-likeness (QED) is 0.831. The zero-order valence-corrected chi connectivity index (χ0v) is 9.57. The summed E-state index contributed by atoms with van der Waals surface area (Å²) in [6, 6.07) is 0. The summed E-state index contributed by atoms with van der Waals surface area (Å²) >= 11 is 0. The van der Waals surface area contributed by atoms with E-state index in [1.807, 2.05) is 27.7 Å². The predicted octanol–water partition coefficient (Wildman–Crippen LogP) is 3.01. The van der Waals surface area contributed by atoms with Gasteiger partial charge in [0, 0.05) is 11.8 Å². The molecule has 0 fully saturated rings. The minimum absolute atomic E-state index is 0.0430. The fourth-order valence-corrected chi connectivity index (χ4v) is 1.45. The Morgan fingerprint density at radius 1 is 1.47 bits per heavy atom. The average molecular weight is 211 g/mol. The zero-order chi connectivity index (χ0) is 11.6. The van der Waals surface area contributed by atoms with Crippen molar-refractivity contribution in [1.29, 1.82) is 0 Å². The van der Waals surface area contributed by atoms with Crippen LogP contribution < -0.4 is 0 Å². The fourth-order valence-electron chi connectivity index (χ4n) is 1.45. The van der Waals surface area contributed by atoms with E-state index < -0.39 is 5.97 Å². The first-order chi connectivity index (χ1) is 6.99. The van der Waals surface area contributed by atoms with Crippen LogP contribution >= 0.6 is 0 Å². The van der Waals surface area contributed by atoms with Crippen LogP contribution in [0, 0.1) is 0 Å². The van der Waals surface area contributed by atoms with Gasteiger partial charge in [-0.25, -0.2) is 4.79 Å². The van der Waals surface area contributed by atoms with E-state index in [0.717, 1.165) is 6.42 Å². The molecule has 0 aromatic carbocycles. The van der Waals surface area contributed by atoms with Gasteiger partial charge in [0.05, 0.1) is 0 Å². The zero-order valence-electron chi connectivity index (χ0n) is 9.57. The fraction of sp³-hybridized carbons (Fsp3) is 0.636. The highest BCUT2D eigenvalue weighted by Crippen LogP contribution is 2.28. The summed E-state index contributed by atoms with van der Waals surface area (Å²) in [6.07, 6.45) is 0.852. The van der Waals surface area contributed by atoms with E-state index in [4.69, 9.17) is 9.63 Å². The molecule has 1 N–H and O–H groups in total. The molecule has 1 rings (SSSR count). The molecule has 1 heterocycles. The summed E-state index contributed by atoms with van der Waals surface area (Å²) in [5.41, 5.74) is 0.813. The molecule has 0 bridgehead atoms. The van der Waals surface area contributed by atoms with Gasteiger partial charge in [-0.15, -0.1) is 0 Å². The normalized spacial score (nSPS) is 13.1. The predicted molar refractivity (Wildman–Crippen MR) is 56.3 cm³/mol. The van der Waals surface area contributed by atoms with Crippen LogP contribution in [0.5, 0.6) is 0 Å². The molecule has 0 saturated heterocycles. The van der Waals surface area contributed by atoms with Crippen LogP contribution in [-0.4, -0.2) is 16.2 Å². The molecule has 0 radical (unpaired) electrons. The molecule has 15 heavy (non-hydrogen) atoms. The Kier molecular flexibility index (Phi) is 3.50. The van der Waals surface area contributed by atoms with Crippen molar-refractivity contribution in [3.8, 4) is 0 Å². The SMILES string of the molecule is CCC(C)c1noc(C(C)C)c1C(=O)O. The van der Waals surface area contributed by atoms with Crippen molar-refractivity contribution in [3.63, 3.8) is 0 Å². The number of rotatable bonds is 4. The minimum atomic E-state index is -0.949. The van der Waals surface area contributed by atoms with Crippen molar-refractivity contribution in [3.05, 3.63) is 17.0 Å². The van der Waals surface area contributed by atoms with Crippen LogP contribution in [0.15, 0.2) is 4.52 Å². The number of nitrogens with zero attached hydrogens (tertiary/aromatic N) is 1. The lowest BCUT2D eigenvalue weighted by Gasteiger charge is -2.05. The van der Waals surface area contributed by atoms with Gasteiger partial charge in [-0.2, -0.15) is 0 Å². The summed E-state index contributed by atoms with van der Waals surface area (Å²) in [5.74, 6) is -0.318. The van der Waals surface area contributed by atoms with Gasteiger partial charge in [0.2, 0.25) is 0 Å². The lowest BCUT2D eigenvalue weighted by atomic mass is 9.97. The van der Waals surface area contributed by atoms with Crippen molar-refractivity contribution in [1.82, 2.24) is 5.16 Å². The van der Waals surface area contributed by atoms with Crippen molar-refractivity contribution in [2.24, 2.45) is 0 Å². The van der Waals surface area contributed by atoms with Crippen LogP contribution in [0.1, 0.15) is 67.8 Å². The first-order valence-corrected chi connectivity index (χ1v) is 5.21. The Labute approximate surface area is 89.3 Å². The van der Waals surface area contributed by atoms with Crippen molar-refractivity contribution in [2.75, 3.05) is 0 Å². The Bertz CT molecular complexity index is 355. The maximum absolute atomic E-state index is 11.1. The molecule has 1 aromatic heterocycles. The van der Waals surface area contributed by atoms with E-state index >= 15 is 0 Å². The van der Waals surface area contributed by atoms with Crippen molar-refractivity contribution in [2.45, 2.75) is 46.0 Å². The third-order valence-electron chi connectivity index (χ3n) is 2.56. The van der Waals surface area contributed by atoms with E-state index in [1.54, 1.807) is 0 Å². The minimum Gasteiger partial charge on any atom is -0.477 e. The summed E-state index contributed by atoms with van der Waals surface area (Å²) in [7, 11) is 0. The molecule has 4 nitrogen and oxygen atoms in total. The first-order valence-electron chi connectivity index (χ1n) is 5.21. The molecule has 0 aliphatic heterocycles. The smallest absolute Gasteiger partial charge is 0.341 e. The van der Waals surface area contributed by atoms with E-state index in [9.17, 15) is 4.79 Å². The maximum atomic E-state index is 11.1. The molecule has 0 spiro atoms. The summed E-state index contributed by atoms with van der Waals surface area (Å²) in [4.78, 5) is 11.1. The molecule has 0 aliphatic rings. The molecule has 1 unspecified atom stereocenters. The summed E-state index contributed by atoms with van der Waals surface area (Å²) in [6.45, 7) is 7.75. The number of aromatic carboxylic acids is 1. The Balaban J connectivity index is 3.24. The van der Waals surface area contributed by atoms with E-state index in [-0.39, 0.29) is 17.4 Å². The molecular weight excluding hydrogens is 194 g/mol. The Morgan fingerprint density at radius 3 is 2.47 bits per heavy atom. The highest BCUT2D eigenvalue weighted by Gasteiger charge is 2.26. The van der Waals surface area contributed by atoms with Crippen molar-refractivity contribution >= 4 is 5.97 Å². The second-order valence-electron chi connectivity index (χ2n) is 4.08. The third-order valence-corrected chi connectivity index (χ3v) is 2.56. The van der Waals surface area contributed by atoms with Crippen LogP contribution in [0.3, 0.4) is 0 Å². The van der Waals surface area contributed by atoms with E-state index in [0.29, 0.717) is 11.5 Å². The Hall–Kier alpha value is -1.32. The second kappa shape index (κ2) is 4.47. The van der Waals surface area contributed by atoms with Gasteiger partial charge in [-0.05, 0) is 6.42 Å². The molecule has 4 heteroatoms. The highest BCUT2D eigenvalue weighted by atomic mass is 16.5. The van der Waals surface area contributed by atoms with Gasteiger partial charge in [-0.3, -0.25) is 0 Å². The molecule has 1 atom stereocenters. The molecule has 0 amide bonds. The Morgan fingerprint density at radius 2 is 2.07 bits per heavy atom. The summed E-state index contributed by atoms with van der Waals surface area (Å²) < 4.78 is 5.11. The highest BCUT2D eigenvalue weighted by molar-refractivity contribution is 5.90. The molecule has 1 aromatic rings. The molecule has 84 valence electrons. The van der Waals surface area contributed by atoms with Crippen LogP contribution in [0.4, 0.5) is 0 Å². The maximum Gasteiger partial charge on any atom is 0.341 e. The molecule has 0 aliphatic carbocycles. The standard InChI is InChI=1S/C11H17NO3/c1-5-7(4)9-8(11(13)14)10(6(2)3)15-12-9/h6-7H,5H2,1-4H3,(H,13,14). The monoisotopic (exact) mass is 211 g/mol. The summed E-state index contributed by atoms with van der Waals surface area (Å²) in [5, 5.41) is 13.0. The van der Waals surface area contributed by atoms with Gasteiger partial charge in [0.15, 0.2) is 5.76 Å². The topological polar surface area (TPSA) is 63.3 Å². The molecule has 0 saturated carbocycles. The number of carbonyl (C=O) groups is 1. The third kappa shape index (κ3) is 2.19. The van der Waals surface area contributed by atoms with Gasteiger partial charge < -0.3 is 9.63 Å². The van der Waals surface area contributed by atoms with E-state index in [1.165, 1.54) is 0 Å². The van der Waals surface area contributed by atoms with Gasteiger partial charge in [0.1, 0.15) is 11.3 Å². The number of hydrogen-bond acceptors (Lipinski definition) is 3. The van der Waals surface area contributed by atoms with Gasteiger partial charge in [-0.1, -0.05) is 32.9 Å². The number of carboxylic acids is 1. The second-order valence-corrected chi connectivity index (χ2v) is 4.08. The lowest BCUT2D eigenvalue weighted by molar-refractivity contribution is 0.0692. The molecular formula is C11H17NO3. The average Bonchev–Trinajstić information content (AvgIpc) is 2.60. The number of carboxylic acid groups (broad SMARTS) is 1. The van der Waals surface area contributed by atoms with Crippen LogP contribution in [-0.2, 0) is 0 Å². The van der Waals surface area contributed by atoms with E-state index in [2.05, 4.69) is 5.16 Å². The van der Waals surface area contributed by atoms with Crippen molar-refractivity contribution < 1.29 is 14.4 Å². The van der Waals surface area contributed by atoms with Gasteiger partial charge >= 0.3 is 5.97 Å². The largest absolute Gasteiger partial charge is 0.477 e. The lowest BCUT2D eigenvalue weighted by Crippen LogP contribution is -2.06. The van der Waals surface area contributed by atoms with Crippen LogP contribution in [0.2, 0.25) is 0 Å². The number of aromatic nitrogens is 1.